The van der Waals surface area contributed by atoms with E-state index in [4.69, 9.17) is 5.11 Å². The van der Waals surface area contributed by atoms with Gasteiger partial charge in [0.15, 0.2) is 0 Å². The lowest BCUT2D eigenvalue weighted by molar-refractivity contribution is -0.140. The number of carbonyl (C=O) groups is 1. The van der Waals surface area contributed by atoms with Crippen LogP contribution < -0.4 is 0 Å². The monoisotopic (exact) mass is 174 g/mol. The molecular formula is C9H18O3. The first kappa shape index (κ1) is 11.4. The molecule has 0 saturated carbocycles. The fraction of sp³-hybridized carbons (Fsp3) is 0.889. The van der Waals surface area contributed by atoms with Crippen LogP contribution in [0.3, 0.4) is 0 Å². The number of aliphatic carboxylic acids is 1. The minimum Gasteiger partial charge on any atom is -0.481 e. The van der Waals surface area contributed by atoms with E-state index in [2.05, 4.69) is 0 Å². The third-order valence-electron chi connectivity index (χ3n) is 1.54. The Bertz CT molecular complexity index is 165. The van der Waals surface area contributed by atoms with Crippen molar-refractivity contribution in [2.24, 2.45) is 5.41 Å². The van der Waals surface area contributed by atoms with Crippen molar-refractivity contribution in [1.29, 1.82) is 0 Å². The topological polar surface area (TPSA) is 57.5 Å². The molecule has 2 N–H and O–H groups in total. The molecule has 0 aromatic rings. The average Bonchev–Trinajstić information content (AvgIpc) is 1.48. The zero-order chi connectivity index (χ0) is 9.99. The highest BCUT2D eigenvalue weighted by Gasteiger charge is 2.28. The predicted octanol–water partition coefficient (Wildman–Crippen LogP) is 1.65. The molecule has 0 rings (SSSR count). The Morgan fingerprint density at radius 3 is 1.92 bits per heavy atom. The van der Waals surface area contributed by atoms with Crippen LogP contribution in [0.2, 0.25) is 0 Å². The molecule has 0 saturated heterocycles. The molecule has 0 aliphatic carbocycles. The summed E-state index contributed by atoms with van der Waals surface area (Å²) in [6, 6.07) is 0. The van der Waals surface area contributed by atoms with Gasteiger partial charge in [0, 0.05) is 0 Å². The number of carboxylic acid groups (broad SMARTS) is 1. The van der Waals surface area contributed by atoms with Crippen LogP contribution in [0, 0.1) is 5.41 Å². The normalized spacial score (nSPS) is 13.1. The fourth-order valence-electron chi connectivity index (χ4n) is 1.64. The molecule has 0 unspecified atom stereocenters. The minimum atomic E-state index is -0.816. The van der Waals surface area contributed by atoms with Crippen LogP contribution in [0.25, 0.3) is 0 Å². The summed E-state index contributed by atoms with van der Waals surface area (Å²) in [5.74, 6) is -0.816. The highest BCUT2D eigenvalue weighted by molar-refractivity contribution is 5.67. The van der Waals surface area contributed by atoms with Crippen molar-refractivity contribution >= 4 is 5.97 Å². The van der Waals surface area contributed by atoms with Gasteiger partial charge in [-0.05, 0) is 25.7 Å². The first-order chi connectivity index (χ1) is 5.12. The van der Waals surface area contributed by atoms with E-state index in [1.54, 1.807) is 13.8 Å². The van der Waals surface area contributed by atoms with E-state index in [0.717, 1.165) is 0 Å². The molecule has 0 aliphatic heterocycles. The van der Waals surface area contributed by atoms with E-state index in [-0.39, 0.29) is 11.8 Å². The Balaban J connectivity index is 4.13. The largest absolute Gasteiger partial charge is 0.481 e. The van der Waals surface area contributed by atoms with Crippen molar-refractivity contribution in [1.82, 2.24) is 0 Å². The van der Waals surface area contributed by atoms with Crippen molar-refractivity contribution in [3.8, 4) is 0 Å². The molecule has 0 aromatic carbocycles. The molecule has 0 atom stereocenters. The lowest BCUT2D eigenvalue weighted by Gasteiger charge is -2.29. The maximum absolute atomic E-state index is 10.4. The van der Waals surface area contributed by atoms with Crippen LogP contribution in [-0.4, -0.2) is 21.8 Å². The molecule has 0 bridgehead atoms. The van der Waals surface area contributed by atoms with E-state index >= 15 is 0 Å². The Morgan fingerprint density at radius 2 is 1.67 bits per heavy atom. The molecule has 72 valence electrons. The van der Waals surface area contributed by atoms with Crippen molar-refractivity contribution in [3.63, 3.8) is 0 Å². The van der Waals surface area contributed by atoms with Gasteiger partial charge >= 0.3 is 5.97 Å². The van der Waals surface area contributed by atoms with Crippen molar-refractivity contribution in [3.05, 3.63) is 0 Å². The van der Waals surface area contributed by atoms with Crippen LogP contribution >= 0.6 is 0 Å². The van der Waals surface area contributed by atoms with Crippen LogP contribution in [0.1, 0.15) is 40.5 Å². The first-order valence-corrected chi connectivity index (χ1v) is 4.07. The second kappa shape index (κ2) is 3.44. The highest BCUT2D eigenvalue weighted by Crippen LogP contribution is 2.30. The maximum atomic E-state index is 10.4. The van der Waals surface area contributed by atoms with Crippen molar-refractivity contribution in [2.45, 2.75) is 46.1 Å². The number of carboxylic acids is 1. The zero-order valence-corrected chi connectivity index (χ0v) is 8.22. The van der Waals surface area contributed by atoms with E-state index in [1.807, 2.05) is 13.8 Å². The third-order valence-corrected chi connectivity index (χ3v) is 1.54. The van der Waals surface area contributed by atoms with E-state index < -0.39 is 11.6 Å². The van der Waals surface area contributed by atoms with Crippen molar-refractivity contribution < 1.29 is 15.0 Å². The minimum absolute atomic E-state index is 0.0942. The summed E-state index contributed by atoms with van der Waals surface area (Å²) in [5.41, 5.74) is -1.14. The predicted molar refractivity (Wildman–Crippen MR) is 46.9 cm³/mol. The van der Waals surface area contributed by atoms with Gasteiger partial charge in [0.05, 0.1) is 12.0 Å². The Morgan fingerprint density at radius 1 is 1.25 bits per heavy atom. The number of hydrogen-bond donors (Lipinski definition) is 2. The van der Waals surface area contributed by atoms with Gasteiger partial charge < -0.3 is 10.2 Å². The molecule has 0 heterocycles. The summed E-state index contributed by atoms with van der Waals surface area (Å²) in [6.07, 6.45) is 0.587. The molecule has 0 spiro atoms. The maximum Gasteiger partial charge on any atom is 0.303 e. The van der Waals surface area contributed by atoms with Gasteiger partial charge in [-0.25, -0.2) is 0 Å². The van der Waals surface area contributed by atoms with Gasteiger partial charge in [0.25, 0.3) is 0 Å². The summed E-state index contributed by atoms with van der Waals surface area (Å²) in [7, 11) is 0. The Kier molecular flexibility index (Phi) is 3.27. The number of rotatable bonds is 4. The van der Waals surface area contributed by atoms with Gasteiger partial charge in [0.2, 0.25) is 0 Å². The summed E-state index contributed by atoms with van der Waals surface area (Å²) >= 11 is 0. The molecule has 12 heavy (non-hydrogen) atoms. The standard InChI is InChI=1S/C9H18O3/c1-8(2,5-7(10)11)6-9(3,4)12/h12H,5-6H2,1-4H3,(H,10,11). The molecular weight excluding hydrogens is 156 g/mol. The van der Waals surface area contributed by atoms with Crippen LogP contribution in [0.5, 0.6) is 0 Å². The van der Waals surface area contributed by atoms with E-state index in [1.165, 1.54) is 0 Å². The van der Waals surface area contributed by atoms with Gasteiger partial charge in [-0.3, -0.25) is 4.79 Å². The lowest BCUT2D eigenvalue weighted by Crippen LogP contribution is -2.29. The van der Waals surface area contributed by atoms with Gasteiger partial charge in [-0.15, -0.1) is 0 Å². The molecule has 0 amide bonds. The smallest absolute Gasteiger partial charge is 0.303 e. The fourth-order valence-corrected chi connectivity index (χ4v) is 1.64. The molecule has 3 heteroatoms. The molecule has 0 aliphatic rings. The second-order valence-electron chi connectivity index (χ2n) is 4.72. The van der Waals surface area contributed by atoms with Crippen molar-refractivity contribution in [2.75, 3.05) is 0 Å². The highest BCUT2D eigenvalue weighted by atomic mass is 16.4. The van der Waals surface area contributed by atoms with Crippen LogP contribution in [0.15, 0.2) is 0 Å². The van der Waals surface area contributed by atoms with Gasteiger partial charge in [-0.1, -0.05) is 13.8 Å². The Hall–Kier alpha value is -0.570. The van der Waals surface area contributed by atoms with E-state index in [9.17, 15) is 9.90 Å². The third kappa shape index (κ3) is 6.16. The SMILES string of the molecule is CC(C)(O)CC(C)(C)CC(=O)O. The first-order valence-electron chi connectivity index (χ1n) is 4.07. The van der Waals surface area contributed by atoms with Crippen LogP contribution in [0.4, 0.5) is 0 Å². The lowest BCUT2D eigenvalue weighted by atomic mass is 9.79. The molecule has 0 aromatic heterocycles. The quantitative estimate of drug-likeness (QED) is 0.681. The van der Waals surface area contributed by atoms with Gasteiger partial charge in [-0.2, -0.15) is 0 Å². The van der Waals surface area contributed by atoms with Gasteiger partial charge in [0.1, 0.15) is 0 Å². The number of hydrogen-bond acceptors (Lipinski definition) is 2. The molecule has 3 nitrogen and oxygen atoms in total. The number of aliphatic hydroxyl groups is 1. The summed E-state index contributed by atoms with van der Waals surface area (Å²) in [6.45, 7) is 7.07. The zero-order valence-electron chi connectivity index (χ0n) is 8.22. The second-order valence-corrected chi connectivity index (χ2v) is 4.72. The summed E-state index contributed by atoms with van der Waals surface area (Å²) in [4.78, 5) is 10.4. The average molecular weight is 174 g/mol. The van der Waals surface area contributed by atoms with E-state index in [0.29, 0.717) is 6.42 Å². The Labute approximate surface area is 73.4 Å². The van der Waals surface area contributed by atoms with Crippen LogP contribution in [-0.2, 0) is 4.79 Å². The summed E-state index contributed by atoms with van der Waals surface area (Å²) in [5, 5.41) is 18.0. The molecule has 0 radical (unpaired) electrons. The summed E-state index contributed by atoms with van der Waals surface area (Å²) < 4.78 is 0. The molecule has 0 fully saturated rings.